The second-order valence-electron chi connectivity index (χ2n) is 4.69. The first-order valence-corrected chi connectivity index (χ1v) is 6.18. The van der Waals surface area contributed by atoms with E-state index in [1.54, 1.807) is 0 Å². The summed E-state index contributed by atoms with van der Waals surface area (Å²) >= 11 is 0. The van der Waals surface area contributed by atoms with Gasteiger partial charge in [-0.05, 0) is 61.7 Å². The highest BCUT2D eigenvalue weighted by molar-refractivity contribution is 5.96. The van der Waals surface area contributed by atoms with Crippen molar-refractivity contribution >= 4 is 5.84 Å². The van der Waals surface area contributed by atoms with E-state index in [0.717, 1.165) is 28.2 Å². The van der Waals surface area contributed by atoms with Crippen molar-refractivity contribution in [3.05, 3.63) is 58.7 Å². The molecular formula is C16H18N2O. The molecule has 0 saturated carbocycles. The molecule has 0 amide bonds. The Balaban J connectivity index is 2.32. The van der Waals surface area contributed by atoms with Gasteiger partial charge in [0.1, 0.15) is 17.3 Å². The van der Waals surface area contributed by atoms with Gasteiger partial charge >= 0.3 is 0 Å². The molecule has 0 saturated heterocycles. The summed E-state index contributed by atoms with van der Waals surface area (Å²) in [4.78, 5) is 0. The smallest absolute Gasteiger partial charge is 0.130 e. The Bertz CT molecular complexity index is 633. The Morgan fingerprint density at radius 2 is 1.79 bits per heavy atom. The van der Waals surface area contributed by atoms with Gasteiger partial charge in [0.2, 0.25) is 0 Å². The third-order valence-electron chi connectivity index (χ3n) is 3.27. The second-order valence-corrected chi connectivity index (χ2v) is 4.69. The molecule has 98 valence electrons. The third-order valence-corrected chi connectivity index (χ3v) is 3.27. The largest absolute Gasteiger partial charge is 0.457 e. The van der Waals surface area contributed by atoms with Crippen LogP contribution in [0.3, 0.4) is 0 Å². The number of benzene rings is 2. The molecule has 0 aliphatic rings. The minimum absolute atomic E-state index is 0.0794. The van der Waals surface area contributed by atoms with Gasteiger partial charge in [-0.1, -0.05) is 12.1 Å². The molecule has 0 unspecified atom stereocenters. The highest BCUT2D eigenvalue weighted by atomic mass is 16.5. The van der Waals surface area contributed by atoms with Crippen molar-refractivity contribution in [1.82, 2.24) is 0 Å². The van der Waals surface area contributed by atoms with Crippen molar-refractivity contribution in [2.75, 3.05) is 0 Å². The molecule has 3 nitrogen and oxygen atoms in total. The number of nitrogens with one attached hydrogen (secondary N) is 1. The van der Waals surface area contributed by atoms with Crippen molar-refractivity contribution in [2.45, 2.75) is 20.8 Å². The summed E-state index contributed by atoms with van der Waals surface area (Å²) in [5.41, 5.74) is 9.53. The summed E-state index contributed by atoms with van der Waals surface area (Å²) in [5, 5.41) is 7.47. The second kappa shape index (κ2) is 5.14. The van der Waals surface area contributed by atoms with Crippen LogP contribution in [0.1, 0.15) is 22.3 Å². The zero-order valence-electron chi connectivity index (χ0n) is 11.4. The lowest BCUT2D eigenvalue weighted by atomic mass is 10.1. The van der Waals surface area contributed by atoms with Gasteiger partial charge in [-0.25, -0.2) is 0 Å². The van der Waals surface area contributed by atoms with E-state index in [0.29, 0.717) is 0 Å². The fraction of sp³-hybridized carbons (Fsp3) is 0.188. The fourth-order valence-electron chi connectivity index (χ4n) is 1.96. The lowest BCUT2D eigenvalue weighted by Crippen LogP contribution is -2.12. The summed E-state index contributed by atoms with van der Waals surface area (Å²) < 4.78 is 5.89. The molecule has 19 heavy (non-hydrogen) atoms. The molecule has 0 aromatic heterocycles. The molecule has 0 heterocycles. The Morgan fingerprint density at radius 3 is 2.42 bits per heavy atom. The van der Waals surface area contributed by atoms with Crippen LogP contribution in [0.25, 0.3) is 0 Å². The molecular weight excluding hydrogens is 236 g/mol. The highest BCUT2D eigenvalue weighted by Gasteiger charge is 2.06. The van der Waals surface area contributed by atoms with Gasteiger partial charge in [0.25, 0.3) is 0 Å². The van der Waals surface area contributed by atoms with E-state index in [1.807, 2.05) is 44.2 Å². The summed E-state index contributed by atoms with van der Waals surface area (Å²) in [7, 11) is 0. The summed E-state index contributed by atoms with van der Waals surface area (Å²) in [6.07, 6.45) is 0. The minimum atomic E-state index is 0.0794. The van der Waals surface area contributed by atoms with Crippen molar-refractivity contribution < 1.29 is 4.74 Å². The Hall–Kier alpha value is -2.29. The van der Waals surface area contributed by atoms with Crippen LogP contribution in [0.2, 0.25) is 0 Å². The standard InChI is InChI=1S/C16H18N2O/c1-10-5-4-6-15(12(10)3)19-13-7-8-14(16(17)18)11(2)9-13/h4-9H,1-3H3,(H3,17,18). The van der Waals surface area contributed by atoms with Crippen LogP contribution >= 0.6 is 0 Å². The van der Waals surface area contributed by atoms with E-state index >= 15 is 0 Å². The van der Waals surface area contributed by atoms with E-state index in [1.165, 1.54) is 5.56 Å². The van der Waals surface area contributed by atoms with Crippen molar-refractivity contribution in [1.29, 1.82) is 5.41 Å². The predicted octanol–water partition coefficient (Wildman–Crippen LogP) is 3.69. The number of rotatable bonds is 3. The number of hydrogen-bond acceptors (Lipinski definition) is 2. The van der Waals surface area contributed by atoms with Gasteiger partial charge in [-0.2, -0.15) is 0 Å². The summed E-state index contributed by atoms with van der Waals surface area (Å²) in [6, 6.07) is 11.6. The zero-order valence-corrected chi connectivity index (χ0v) is 11.4. The van der Waals surface area contributed by atoms with Crippen molar-refractivity contribution in [3.63, 3.8) is 0 Å². The lowest BCUT2D eigenvalue weighted by molar-refractivity contribution is 0.478. The first-order chi connectivity index (χ1) is 8.99. The average Bonchev–Trinajstić information content (AvgIpc) is 2.34. The summed E-state index contributed by atoms with van der Waals surface area (Å²) in [5.74, 6) is 1.70. The molecule has 3 N–H and O–H groups in total. The maximum atomic E-state index is 7.47. The van der Waals surface area contributed by atoms with Gasteiger partial charge in [-0.3, -0.25) is 5.41 Å². The number of hydrogen-bond donors (Lipinski definition) is 2. The van der Waals surface area contributed by atoms with Crippen LogP contribution in [0.5, 0.6) is 11.5 Å². The number of ether oxygens (including phenoxy) is 1. The molecule has 0 fully saturated rings. The molecule has 0 aliphatic carbocycles. The topological polar surface area (TPSA) is 59.1 Å². The maximum absolute atomic E-state index is 7.47. The number of nitrogens with two attached hydrogens (primary N) is 1. The van der Waals surface area contributed by atoms with Crippen LogP contribution in [0.15, 0.2) is 36.4 Å². The van der Waals surface area contributed by atoms with Crippen LogP contribution in [0.4, 0.5) is 0 Å². The first kappa shape index (κ1) is 13.1. The fourth-order valence-corrected chi connectivity index (χ4v) is 1.96. The molecule has 2 rings (SSSR count). The lowest BCUT2D eigenvalue weighted by Gasteiger charge is -2.12. The predicted molar refractivity (Wildman–Crippen MR) is 78.2 cm³/mol. The van der Waals surface area contributed by atoms with E-state index < -0.39 is 0 Å². The van der Waals surface area contributed by atoms with E-state index in [-0.39, 0.29) is 5.84 Å². The molecule has 2 aromatic rings. The zero-order chi connectivity index (χ0) is 14.0. The van der Waals surface area contributed by atoms with Crippen LogP contribution in [-0.4, -0.2) is 5.84 Å². The van der Waals surface area contributed by atoms with Crippen LogP contribution < -0.4 is 10.5 Å². The van der Waals surface area contributed by atoms with E-state index in [2.05, 4.69) is 13.0 Å². The average molecular weight is 254 g/mol. The molecule has 0 radical (unpaired) electrons. The van der Waals surface area contributed by atoms with Gasteiger partial charge in [0.05, 0.1) is 0 Å². The van der Waals surface area contributed by atoms with Gasteiger partial charge in [-0.15, -0.1) is 0 Å². The molecule has 2 aromatic carbocycles. The first-order valence-electron chi connectivity index (χ1n) is 6.18. The number of nitrogen functional groups attached to an aromatic ring is 1. The minimum Gasteiger partial charge on any atom is -0.457 e. The Kier molecular flexibility index (Phi) is 3.56. The van der Waals surface area contributed by atoms with Crippen LogP contribution in [0, 0.1) is 26.2 Å². The molecule has 0 spiro atoms. The normalized spacial score (nSPS) is 10.3. The summed E-state index contributed by atoms with van der Waals surface area (Å²) in [6.45, 7) is 6.03. The number of amidine groups is 1. The van der Waals surface area contributed by atoms with Gasteiger partial charge in [0.15, 0.2) is 0 Å². The molecule has 0 bridgehead atoms. The monoisotopic (exact) mass is 254 g/mol. The van der Waals surface area contributed by atoms with E-state index in [9.17, 15) is 0 Å². The van der Waals surface area contributed by atoms with Gasteiger partial charge in [0, 0.05) is 5.56 Å². The van der Waals surface area contributed by atoms with E-state index in [4.69, 9.17) is 15.9 Å². The number of aryl methyl sites for hydroxylation is 2. The van der Waals surface area contributed by atoms with Crippen molar-refractivity contribution in [2.24, 2.45) is 5.73 Å². The highest BCUT2D eigenvalue weighted by Crippen LogP contribution is 2.28. The van der Waals surface area contributed by atoms with Crippen LogP contribution in [-0.2, 0) is 0 Å². The van der Waals surface area contributed by atoms with Crippen molar-refractivity contribution in [3.8, 4) is 11.5 Å². The quantitative estimate of drug-likeness (QED) is 0.648. The maximum Gasteiger partial charge on any atom is 0.130 e. The Morgan fingerprint density at radius 1 is 1.05 bits per heavy atom. The van der Waals surface area contributed by atoms with Gasteiger partial charge < -0.3 is 10.5 Å². The molecule has 0 atom stereocenters. The SMILES string of the molecule is Cc1cc(Oc2cccc(C)c2C)ccc1C(=N)N. The Labute approximate surface area is 113 Å². The molecule has 0 aliphatic heterocycles. The molecule has 3 heteroatoms. The third kappa shape index (κ3) is 2.76.